The Morgan fingerprint density at radius 3 is 2.35 bits per heavy atom. The molecular formula is C16H12Cl2O4S. The zero-order chi connectivity index (χ0) is 17.0. The van der Waals surface area contributed by atoms with Crippen molar-refractivity contribution >= 4 is 45.1 Å². The van der Waals surface area contributed by atoms with Gasteiger partial charge in [0.05, 0.1) is 27.6 Å². The van der Waals surface area contributed by atoms with Crippen molar-refractivity contribution in [1.29, 1.82) is 0 Å². The summed E-state index contributed by atoms with van der Waals surface area (Å²) in [5.74, 6) is -0.741. The summed E-state index contributed by atoms with van der Waals surface area (Å²) in [6.45, 7) is 0. The highest BCUT2D eigenvalue weighted by Gasteiger charge is 2.21. The third-order valence-electron chi connectivity index (χ3n) is 2.97. The van der Waals surface area contributed by atoms with Crippen molar-refractivity contribution in [3.8, 4) is 0 Å². The Hall–Kier alpha value is -1.82. The van der Waals surface area contributed by atoms with E-state index in [1.54, 1.807) is 24.3 Å². The number of benzene rings is 2. The van der Waals surface area contributed by atoms with E-state index in [0.717, 1.165) is 11.5 Å². The highest BCUT2D eigenvalue weighted by Crippen LogP contribution is 2.30. The number of sulfone groups is 1. The molecular weight excluding hydrogens is 359 g/mol. The molecule has 2 aromatic rings. The van der Waals surface area contributed by atoms with E-state index in [1.807, 2.05) is 6.07 Å². The predicted molar refractivity (Wildman–Crippen MR) is 90.5 cm³/mol. The van der Waals surface area contributed by atoms with Gasteiger partial charge in [0.15, 0.2) is 0 Å². The Balaban J connectivity index is 2.47. The largest absolute Gasteiger partial charge is 0.465 e. The number of rotatable bonds is 4. The van der Waals surface area contributed by atoms with Gasteiger partial charge in [0, 0.05) is 5.41 Å². The van der Waals surface area contributed by atoms with Crippen LogP contribution < -0.4 is 0 Å². The molecule has 0 aromatic heterocycles. The quantitative estimate of drug-likeness (QED) is 0.755. The van der Waals surface area contributed by atoms with Crippen molar-refractivity contribution in [2.24, 2.45) is 0 Å². The Morgan fingerprint density at radius 2 is 1.74 bits per heavy atom. The highest BCUT2D eigenvalue weighted by molar-refractivity contribution is 7.94. The lowest BCUT2D eigenvalue weighted by Crippen LogP contribution is -2.06. The van der Waals surface area contributed by atoms with E-state index < -0.39 is 15.8 Å². The van der Waals surface area contributed by atoms with Crippen LogP contribution in [-0.2, 0) is 14.6 Å². The molecule has 23 heavy (non-hydrogen) atoms. The lowest BCUT2D eigenvalue weighted by atomic mass is 10.2. The number of halogens is 2. The standard InChI is InChI=1S/C16H12Cl2O4S/c1-22-16(19)12-9-15(14(18)10-13(12)17)23(20,21)8-7-11-5-3-2-4-6-11/h2-10H,1H3. The molecule has 7 heteroatoms. The van der Waals surface area contributed by atoms with Crippen molar-refractivity contribution in [2.45, 2.75) is 4.90 Å². The van der Waals surface area contributed by atoms with Crippen LogP contribution in [0.25, 0.3) is 6.08 Å². The van der Waals surface area contributed by atoms with Crippen LogP contribution in [0.1, 0.15) is 15.9 Å². The van der Waals surface area contributed by atoms with Crippen molar-refractivity contribution in [1.82, 2.24) is 0 Å². The number of esters is 1. The summed E-state index contributed by atoms with van der Waals surface area (Å²) < 4.78 is 29.4. The monoisotopic (exact) mass is 370 g/mol. The van der Waals surface area contributed by atoms with Crippen LogP contribution >= 0.6 is 23.2 Å². The molecule has 0 bridgehead atoms. The van der Waals surface area contributed by atoms with Gasteiger partial charge in [0.2, 0.25) is 9.84 Å². The molecule has 0 aliphatic heterocycles. The average molecular weight is 371 g/mol. The molecule has 0 radical (unpaired) electrons. The van der Waals surface area contributed by atoms with Gasteiger partial charge in [-0.3, -0.25) is 0 Å². The molecule has 2 rings (SSSR count). The topological polar surface area (TPSA) is 60.4 Å². The summed E-state index contributed by atoms with van der Waals surface area (Å²) in [6, 6.07) is 11.2. The smallest absolute Gasteiger partial charge is 0.339 e. The summed E-state index contributed by atoms with van der Waals surface area (Å²) in [5.41, 5.74) is 0.652. The first-order valence-corrected chi connectivity index (χ1v) is 8.71. The summed E-state index contributed by atoms with van der Waals surface area (Å²) >= 11 is 11.9. The fourth-order valence-electron chi connectivity index (χ4n) is 1.82. The Kier molecular flexibility index (Phi) is 5.46. The molecule has 120 valence electrons. The lowest BCUT2D eigenvalue weighted by molar-refractivity contribution is 0.0600. The van der Waals surface area contributed by atoms with Gasteiger partial charge in [0.1, 0.15) is 0 Å². The number of hydrogen-bond donors (Lipinski definition) is 0. The third-order valence-corrected chi connectivity index (χ3v) is 5.16. The molecule has 0 unspecified atom stereocenters. The first-order chi connectivity index (χ1) is 10.8. The Bertz CT molecular complexity index is 859. The summed E-state index contributed by atoms with van der Waals surface area (Å²) in [7, 11) is -2.67. The molecule has 0 aliphatic rings. The van der Waals surface area contributed by atoms with Crippen LogP contribution in [0.5, 0.6) is 0 Å². The van der Waals surface area contributed by atoms with Gasteiger partial charge in [-0.2, -0.15) is 0 Å². The van der Waals surface area contributed by atoms with E-state index in [-0.39, 0.29) is 20.5 Å². The Morgan fingerprint density at radius 1 is 1.09 bits per heavy atom. The van der Waals surface area contributed by atoms with Gasteiger partial charge >= 0.3 is 5.97 Å². The first kappa shape index (κ1) is 17.5. The SMILES string of the molecule is COC(=O)c1cc(S(=O)(=O)C=Cc2ccccc2)c(Cl)cc1Cl. The van der Waals surface area contributed by atoms with E-state index in [0.29, 0.717) is 5.56 Å². The normalized spacial score (nSPS) is 11.6. The average Bonchev–Trinajstić information content (AvgIpc) is 2.53. The van der Waals surface area contributed by atoms with Crippen LogP contribution in [0, 0.1) is 0 Å². The number of carbonyl (C=O) groups excluding carboxylic acids is 1. The van der Waals surface area contributed by atoms with Crippen molar-refractivity contribution in [2.75, 3.05) is 7.11 Å². The van der Waals surface area contributed by atoms with E-state index in [2.05, 4.69) is 4.74 Å². The van der Waals surface area contributed by atoms with E-state index in [4.69, 9.17) is 23.2 Å². The molecule has 0 fully saturated rings. The van der Waals surface area contributed by atoms with Crippen molar-refractivity contribution < 1.29 is 17.9 Å². The third kappa shape index (κ3) is 4.13. The summed E-state index contributed by atoms with van der Waals surface area (Å²) in [6.07, 6.45) is 1.44. The summed E-state index contributed by atoms with van der Waals surface area (Å²) in [5, 5.41) is 0.978. The number of carbonyl (C=O) groups is 1. The van der Waals surface area contributed by atoms with Crippen LogP contribution in [0.4, 0.5) is 0 Å². The van der Waals surface area contributed by atoms with Gasteiger partial charge in [-0.05, 0) is 23.8 Å². The second kappa shape index (κ2) is 7.17. The molecule has 0 atom stereocenters. The first-order valence-electron chi connectivity index (χ1n) is 6.41. The van der Waals surface area contributed by atoms with E-state index in [1.165, 1.54) is 19.3 Å². The maximum Gasteiger partial charge on any atom is 0.339 e. The molecule has 0 saturated heterocycles. The zero-order valence-electron chi connectivity index (χ0n) is 12.0. The zero-order valence-corrected chi connectivity index (χ0v) is 14.3. The van der Waals surface area contributed by atoms with Gasteiger partial charge in [-0.25, -0.2) is 13.2 Å². The molecule has 0 spiro atoms. The summed E-state index contributed by atoms with van der Waals surface area (Å²) in [4.78, 5) is 11.4. The fraction of sp³-hybridized carbons (Fsp3) is 0.0625. The van der Waals surface area contributed by atoms with Crippen LogP contribution in [0.3, 0.4) is 0 Å². The molecule has 0 saturated carbocycles. The lowest BCUT2D eigenvalue weighted by Gasteiger charge is -2.07. The Labute approximate surface area is 144 Å². The molecule has 0 N–H and O–H groups in total. The second-order valence-corrected chi connectivity index (χ2v) is 7.13. The molecule has 0 heterocycles. The minimum absolute atomic E-state index is 0.0211. The number of methoxy groups -OCH3 is 1. The molecule has 4 nitrogen and oxygen atoms in total. The minimum atomic E-state index is -3.85. The fourth-order valence-corrected chi connectivity index (χ4v) is 3.70. The van der Waals surface area contributed by atoms with Crippen molar-refractivity contribution in [3.05, 3.63) is 69.0 Å². The highest BCUT2D eigenvalue weighted by atomic mass is 35.5. The molecule has 0 aliphatic carbocycles. The van der Waals surface area contributed by atoms with Gasteiger partial charge < -0.3 is 4.74 Å². The maximum atomic E-state index is 12.4. The van der Waals surface area contributed by atoms with E-state index in [9.17, 15) is 13.2 Å². The number of hydrogen-bond acceptors (Lipinski definition) is 4. The van der Waals surface area contributed by atoms with Gasteiger partial charge in [-0.1, -0.05) is 53.5 Å². The van der Waals surface area contributed by atoms with Crippen LogP contribution in [0.2, 0.25) is 10.0 Å². The van der Waals surface area contributed by atoms with Gasteiger partial charge in [0.25, 0.3) is 0 Å². The van der Waals surface area contributed by atoms with Crippen LogP contribution in [0.15, 0.2) is 52.8 Å². The maximum absolute atomic E-state index is 12.4. The van der Waals surface area contributed by atoms with Crippen LogP contribution in [-0.4, -0.2) is 21.5 Å². The molecule has 0 amide bonds. The predicted octanol–water partition coefficient (Wildman–Crippen LogP) is 4.22. The van der Waals surface area contributed by atoms with Crippen molar-refractivity contribution in [3.63, 3.8) is 0 Å². The number of ether oxygens (including phenoxy) is 1. The second-order valence-electron chi connectivity index (χ2n) is 4.51. The van der Waals surface area contributed by atoms with E-state index >= 15 is 0 Å². The minimum Gasteiger partial charge on any atom is -0.465 e. The van der Waals surface area contributed by atoms with Gasteiger partial charge in [-0.15, -0.1) is 0 Å². The molecule has 2 aromatic carbocycles.